The molecule has 0 aliphatic carbocycles. The fourth-order valence-corrected chi connectivity index (χ4v) is 4.62. The standard InChI is InChI=1S/C27H22N4O3/c32-26-22-14-21(18-4-2-1-3-5-18)25(29-23(22)10-12-28-26)19-8-6-17(7-9-19)15-31-13-11-20-24(16-31)34-30-27(20)33/h1-10,12,14H,11,13,15-16H2,(H,28,32)(H,30,33). The van der Waals surface area contributed by atoms with Gasteiger partial charge in [0.2, 0.25) is 0 Å². The molecule has 0 fully saturated rings. The summed E-state index contributed by atoms with van der Waals surface area (Å²) in [6.07, 6.45) is 2.32. The highest BCUT2D eigenvalue weighted by atomic mass is 16.5. The molecule has 5 aromatic rings. The van der Waals surface area contributed by atoms with Crippen LogP contribution in [0.1, 0.15) is 16.9 Å². The van der Waals surface area contributed by atoms with Gasteiger partial charge in [0, 0.05) is 30.4 Å². The van der Waals surface area contributed by atoms with E-state index in [2.05, 4.69) is 39.3 Å². The monoisotopic (exact) mass is 450 g/mol. The Morgan fingerprint density at radius 3 is 2.59 bits per heavy atom. The van der Waals surface area contributed by atoms with Crippen LogP contribution >= 0.6 is 0 Å². The van der Waals surface area contributed by atoms with E-state index in [1.807, 2.05) is 42.5 Å². The SMILES string of the molecule is O=c1[nH]oc2c1CCN(Cc1ccc(-c3nc4cc[nH]c(=O)c4cc3-c3ccccc3)cc1)C2. The lowest BCUT2D eigenvalue weighted by molar-refractivity contribution is 0.210. The van der Waals surface area contributed by atoms with Crippen molar-refractivity contribution >= 4 is 10.9 Å². The summed E-state index contributed by atoms with van der Waals surface area (Å²) >= 11 is 0. The zero-order valence-electron chi connectivity index (χ0n) is 18.4. The molecule has 6 rings (SSSR count). The Kier molecular flexibility index (Phi) is 4.96. The zero-order chi connectivity index (χ0) is 23.1. The van der Waals surface area contributed by atoms with Gasteiger partial charge in [0.05, 0.1) is 28.7 Å². The Morgan fingerprint density at radius 1 is 0.941 bits per heavy atom. The smallest absolute Gasteiger partial charge is 0.283 e. The molecule has 0 unspecified atom stereocenters. The van der Waals surface area contributed by atoms with Crippen molar-refractivity contribution in [1.82, 2.24) is 20.0 Å². The fraction of sp³-hybridized carbons (Fsp3) is 0.148. The first kappa shape index (κ1) is 20.4. The van der Waals surface area contributed by atoms with Gasteiger partial charge in [-0.3, -0.25) is 14.5 Å². The summed E-state index contributed by atoms with van der Waals surface area (Å²) in [5.74, 6) is 0.732. The number of aromatic nitrogens is 3. The topological polar surface area (TPSA) is 95.0 Å². The van der Waals surface area contributed by atoms with Gasteiger partial charge in [-0.15, -0.1) is 0 Å². The number of nitrogens with one attached hydrogen (secondary N) is 2. The minimum atomic E-state index is -0.146. The van der Waals surface area contributed by atoms with E-state index in [1.54, 1.807) is 6.20 Å². The lowest BCUT2D eigenvalue weighted by atomic mass is 9.97. The second-order valence-electron chi connectivity index (χ2n) is 8.58. The van der Waals surface area contributed by atoms with Crippen molar-refractivity contribution < 1.29 is 4.52 Å². The maximum Gasteiger partial charge on any atom is 0.283 e. The first-order valence-electron chi connectivity index (χ1n) is 11.2. The van der Waals surface area contributed by atoms with Crippen LogP contribution in [0, 0.1) is 0 Å². The third-order valence-corrected chi connectivity index (χ3v) is 6.39. The van der Waals surface area contributed by atoms with Gasteiger partial charge in [0.25, 0.3) is 11.1 Å². The zero-order valence-corrected chi connectivity index (χ0v) is 18.4. The van der Waals surface area contributed by atoms with E-state index in [4.69, 9.17) is 9.51 Å². The number of fused-ring (bicyclic) bond motifs is 2. The predicted molar refractivity (Wildman–Crippen MR) is 130 cm³/mol. The van der Waals surface area contributed by atoms with Crippen LogP contribution in [0.3, 0.4) is 0 Å². The summed E-state index contributed by atoms with van der Waals surface area (Å²) in [6.45, 7) is 2.20. The molecule has 3 aromatic heterocycles. The lowest BCUT2D eigenvalue weighted by Crippen LogP contribution is -2.31. The maximum atomic E-state index is 12.4. The third kappa shape index (κ3) is 3.66. The van der Waals surface area contributed by atoms with Gasteiger partial charge >= 0.3 is 0 Å². The Hall–Kier alpha value is -4.23. The van der Waals surface area contributed by atoms with Crippen molar-refractivity contribution in [1.29, 1.82) is 0 Å². The Balaban J connectivity index is 1.34. The third-order valence-electron chi connectivity index (χ3n) is 6.39. The van der Waals surface area contributed by atoms with E-state index in [-0.39, 0.29) is 11.1 Å². The molecular weight excluding hydrogens is 428 g/mol. The van der Waals surface area contributed by atoms with Gasteiger partial charge in [-0.05, 0) is 29.7 Å². The van der Waals surface area contributed by atoms with Gasteiger partial charge in [0.1, 0.15) is 0 Å². The summed E-state index contributed by atoms with van der Waals surface area (Å²) in [7, 11) is 0. The van der Waals surface area contributed by atoms with Crippen LogP contribution in [-0.2, 0) is 19.5 Å². The van der Waals surface area contributed by atoms with E-state index >= 15 is 0 Å². The molecule has 0 saturated heterocycles. The average Bonchev–Trinajstić information content (AvgIpc) is 3.24. The number of hydrogen-bond acceptors (Lipinski definition) is 5. The molecule has 0 amide bonds. The van der Waals surface area contributed by atoms with Crippen molar-refractivity contribution in [3.8, 4) is 22.4 Å². The van der Waals surface area contributed by atoms with Crippen molar-refractivity contribution in [3.63, 3.8) is 0 Å². The molecule has 0 spiro atoms. The van der Waals surface area contributed by atoms with Crippen molar-refractivity contribution in [2.45, 2.75) is 19.5 Å². The minimum absolute atomic E-state index is 0.113. The fourth-order valence-electron chi connectivity index (χ4n) is 4.62. The summed E-state index contributed by atoms with van der Waals surface area (Å²) in [4.78, 5) is 34.0. The molecule has 4 heterocycles. The highest BCUT2D eigenvalue weighted by Gasteiger charge is 2.22. The number of nitrogens with zero attached hydrogens (tertiary/aromatic N) is 2. The molecule has 7 nitrogen and oxygen atoms in total. The molecule has 2 N–H and O–H groups in total. The van der Waals surface area contributed by atoms with Crippen LogP contribution in [-0.4, -0.2) is 26.6 Å². The largest absolute Gasteiger partial charge is 0.382 e. The van der Waals surface area contributed by atoms with Crippen molar-refractivity contribution in [3.05, 3.63) is 111 Å². The van der Waals surface area contributed by atoms with Crippen LogP contribution in [0.2, 0.25) is 0 Å². The quantitative estimate of drug-likeness (QED) is 0.430. The predicted octanol–water partition coefficient (Wildman–Crippen LogP) is 4.10. The molecule has 168 valence electrons. The molecule has 0 radical (unpaired) electrons. The van der Waals surface area contributed by atoms with Gasteiger partial charge in [-0.2, -0.15) is 5.16 Å². The Morgan fingerprint density at radius 2 is 1.76 bits per heavy atom. The number of aromatic amines is 2. The van der Waals surface area contributed by atoms with Gasteiger partial charge < -0.3 is 9.51 Å². The molecule has 7 heteroatoms. The molecule has 2 aromatic carbocycles. The molecule has 34 heavy (non-hydrogen) atoms. The van der Waals surface area contributed by atoms with E-state index in [0.717, 1.165) is 46.8 Å². The number of rotatable bonds is 4. The number of H-pyrrole nitrogens is 2. The van der Waals surface area contributed by atoms with Crippen LogP contribution < -0.4 is 11.1 Å². The number of benzene rings is 2. The Bertz CT molecular complexity index is 1600. The first-order valence-corrected chi connectivity index (χ1v) is 11.2. The van der Waals surface area contributed by atoms with Crippen LogP contribution in [0.4, 0.5) is 0 Å². The van der Waals surface area contributed by atoms with Crippen LogP contribution in [0.25, 0.3) is 33.3 Å². The summed E-state index contributed by atoms with van der Waals surface area (Å²) < 4.78 is 5.32. The second kappa shape index (κ2) is 8.28. The average molecular weight is 450 g/mol. The Labute approximate surface area is 194 Å². The summed E-state index contributed by atoms with van der Waals surface area (Å²) in [5, 5.41) is 3.01. The maximum absolute atomic E-state index is 12.4. The molecule has 0 atom stereocenters. The first-order chi connectivity index (χ1) is 16.7. The van der Waals surface area contributed by atoms with Gasteiger partial charge in [-0.25, -0.2) is 4.98 Å². The summed E-state index contributed by atoms with van der Waals surface area (Å²) in [5.41, 5.74) is 6.10. The normalized spacial score (nSPS) is 13.8. The van der Waals surface area contributed by atoms with E-state index in [1.165, 1.54) is 5.56 Å². The van der Waals surface area contributed by atoms with Gasteiger partial charge in [0.15, 0.2) is 5.76 Å². The van der Waals surface area contributed by atoms with E-state index in [9.17, 15) is 9.59 Å². The number of hydrogen-bond donors (Lipinski definition) is 2. The summed E-state index contributed by atoms with van der Waals surface area (Å²) in [6, 6.07) is 22.1. The van der Waals surface area contributed by atoms with Gasteiger partial charge in [-0.1, -0.05) is 54.6 Å². The van der Waals surface area contributed by atoms with Crippen LogP contribution in [0.5, 0.6) is 0 Å². The molecule has 0 saturated carbocycles. The lowest BCUT2D eigenvalue weighted by Gasteiger charge is -2.25. The van der Waals surface area contributed by atoms with E-state index < -0.39 is 0 Å². The highest BCUT2D eigenvalue weighted by molar-refractivity contribution is 5.91. The molecular formula is C27H22N4O3. The minimum Gasteiger partial charge on any atom is -0.382 e. The van der Waals surface area contributed by atoms with Crippen molar-refractivity contribution in [2.75, 3.05) is 6.54 Å². The molecule has 1 aliphatic rings. The van der Waals surface area contributed by atoms with Crippen LogP contribution in [0.15, 0.2) is 87.0 Å². The molecule has 0 bridgehead atoms. The molecule has 1 aliphatic heterocycles. The van der Waals surface area contributed by atoms with Crippen molar-refractivity contribution in [2.24, 2.45) is 0 Å². The van der Waals surface area contributed by atoms with E-state index in [0.29, 0.717) is 23.9 Å². The highest BCUT2D eigenvalue weighted by Crippen LogP contribution is 2.33. The second-order valence-corrected chi connectivity index (χ2v) is 8.58. The number of pyridine rings is 2.